The summed E-state index contributed by atoms with van der Waals surface area (Å²) in [7, 11) is 0. The van der Waals surface area contributed by atoms with Crippen LogP contribution in [0.2, 0.25) is 0 Å². The summed E-state index contributed by atoms with van der Waals surface area (Å²) in [6.07, 6.45) is 1.38. The summed E-state index contributed by atoms with van der Waals surface area (Å²) in [5, 5.41) is 18.9. The standard InChI is InChI=1S/C14H17NO3/c1-13(2,3)14(4,18)8-7-10-5-6-11(12(16)17)15-9-10/h5-6,9,18H,1-4H3,(H,16,17). The second kappa shape index (κ2) is 4.79. The Morgan fingerprint density at radius 2 is 1.89 bits per heavy atom. The molecule has 0 amide bonds. The minimum Gasteiger partial charge on any atom is -0.477 e. The van der Waals surface area contributed by atoms with Crippen LogP contribution < -0.4 is 0 Å². The zero-order valence-electron chi connectivity index (χ0n) is 11.0. The monoisotopic (exact) mass is 247 g/mol. The Morgan fingerprint density at radius 1 is 1.28 bits per heavy atom. The van der Waals surface area contributed by atoms with Crippen LogP contribution >= 0.6 is 0 Å². The normalized spacial score (nSPS) is 14.3. The van der Waals surface area contributed by atoms with Crippen LogP contribution in [0.3, 0.4) is 0 Å². The number of carbonyl (C=O) groups is 1. The summed E-state index contributed by atoms with van der Waals surface area (Å²) in [6.45, 7) is 7.34. The Hall–Kier alpha value is -1.86. The van der Waals surface area contributed by atoms with Crippen LogP contribution in [0.1, 0.15) is 43.7 Å². The minimum absolute atomic E-state index is 0.0249. The maximum Gasteiger partial charge on any atom is 0.354 e. The van der Waals surface area contributed by atoms with Gasteiger partial charge >= 0.3 is 5.97 Å². The maximum atomic E-state index is 10.6. The highest BCUT2D eigenvalue weighted by atomic mass is 16.4. The number of rotatable bonds is 1. The molecule has 1 atom stereocenters. The zero-order valence-corrected chi connectivity index (χ0v) is 11.0. The van der Waals surface area contributed by atoms with Crippen LogP contribution in [0.25, 0.3) is 0 Å². The third-order valence-electron chi connectivity index (χ3n) is 2.89. The molecule has 0 fully saturated rings. The van der Waals surface area contributed by atoms with Gasteiger partial charge in [0.25, 0.3) is 0 Å². The number of carboxylic acid groups (broad SMARTS) is 1. The topological polar surface area (TPSA) is 70.4 Å². The number of aromatic nitrogens is 1. The van der Waals surface area contributed by atoms with Crippen LogP contribution in [0.4, 0.5) is 0 Å². The number of carboxylic acids is 1. The fourth-order valence-electron chi connectivity index (χ4n) is 0.976. The van der Waals surface area contributed by atoms with E-state index in [9.17, 15) is 9.90 Å². The summed E-state index contributed by atoms with van der Waals surface area (Å²) in [4.78, 5) is 14.4. The Labute approximate surface area is 107 Å². The van der Waals surface area contributed by atoms with Crippen molar-refractivity contribution >= 4 is 5.97 Å². The Balaban J connectivity index is 2.96. The van der Waals surface area contributed by atoms with Crippen LogP contribution in [-0.4, -0.2) is 26.8 Å². The van der Waals surface area contributed by atoms with Gasteiger partial charge in [0.1, 0.15) is 11.3 Å². The first-order valence-corrected chi connectivity index (χ1v) is 5.58. The van der Waals surface area contributed by atoms with E-state index in [1.54, 1.807) is 13.0 Å². The summed E-state index contributed by atoms with van der Waals surface area (Å²) >= 11 is 0. The quantitative estimate of drug-likeness (QED) is 0.744. The number of aliphatic hydroxyl groups is 1. The molecule has 4 heteroatoms. The molecule has 0 saturated heterocycles. The molecule has 2 N–H and O–H groups in total. The largest absolute Gasteiger partial charge is 0.477 e. The zero-order chi connectivity index (χ0) is 14.0. The predicted molar refractivity (Wildman–Crippen MR) is 68.2 cm³/mol. The lowest BCUT2D eigenvalue weighted by Crippen LogP contribution is -2.38. The van der Waals surface area contributed by atoms with Gasteiger partial charge in [-0.05, 0) is 19.1 Å². The lowest BCUT2D eigenvalue weighted by Gasteiger charge is -2.32. The maximum absolute atomic E-state index is 10.6. The molecular weight excluding hydrogens is 230 g/mol. The number of nitrogens with zero attached hydrogens (tertiary/aromatic N) is 1. The number of hydrogen-bond donors (Lipinski definition) is 2. The minimum atomic E-state index is -1.13. The summed E-state index contributed by atoms with van der Waals surface area (Å²) in [5.74, 6) is 4.51. The third kappa shape index (κ3) is 3.31. The lowest BCUT2D eigenvalue weighted by molar-refractivity contribution is 0.0129. The highest BCUT2D eigenvalue weighted by molar-refractivity contribution is 5.85. The fourth-order valence-corrected chi connectivity index (χ4v) is 0.976. The van der Waals surface area contributed by atoms with Crippen LogP contribution in [-0.2, 0) is 0 Å². The molecule has 18 heavy (non-hydrogen) atoms. The van der Waals surface area contributed by atoms with Crippen molar-refractivity contribution in [2.75, 3.05) is 0 Å². The number of hydrogen-bond acceptors (Lipinski definition) is 3. The molecule has 0 aromatic carbocycles. The van der Waals surface area contributed by atoms with E-state index in [1.807, 2.05) is 20.8 Å². The molecule has 1 unspecified atom stereocenters. The second-order valence-corrected chi connectivity index (χ2v) is 5.31. The van der Waals surface area contributed by atoms with Crippen molar-refractivity contribution in [1.29, 1.82) is 0 Å². The number of aromatic carboxylic acids is 1. The molecule has 1 aromatic heterocycles. The lowest BCUT2D eigenvalue weighted by atomic mass is 9.78. The van der Waals surface area contributed by atoms with Crippen LogP contribution in [0, 0.1) is 17.3 Å². The highest BCUT2D eigenvalue weighted by Gasteiger charge is 2.33. The molecule has 0 saturated carbocycles. The van der Waals surface area contributed by atoms with Gasteiger partial charge in [-0.2, -0.15) is 0 Å². The molecule has 0 radical (unpaired) electrons. The Morgan fingerprint density at radius 3 is 2.28 bits per heavy atom. The highest BCUT2D eigenvalue weighted by Crippen LogP contribution is 2.29. The van der Waals surface area contributed by atoms with Crippen molar-refractivity contribution < 1.29 is 15.0 Å². The van der Waals surface area contributed by atoms with E-state index in [2.05, 4.69) is 16.8 Å². The average Bonchev–Trinajstić information content (AvgIpc) is 2.25. The molecular formula is C14H17NO3. The predicted octanol–water partition coefficient (Wildman–Crippen LogP) is 1.93. The Bertz CT molecular complexity index is 499. The molecule has 0 bridgehead atoms. The van der Waals surface area contributed by atoms with Crippen molar-refractivity contribution in [3.63, 3.8) is 0 Å². The van der Waals surface area contributed by atoms with Gasteiger partial charge in [0, 0.05) is 17.2 Å². The first-order chi connectivity index (χ1) is 8.13. The first-order valence-electron chi connectivity index (χ1n) is 5.58. The molecule has 1 aromatic rings. The van der Waals surface area contributed by atoms with E-state index in [4.69, 9.17) is 5.11 Å². The van der Waals surface area contributed by atoms with E-state index < -0.39 is 11.6 Å². The molecule has 96 valence electrons. The van der Waals surface area contributed by atoms with E-state index in [1.165, 1.54) is 12.3 Å². The van der Waals surface area contributed by atoms with Crippen molar-refractivity contribution in [1.82, 2.24) is 4.98 Å². The van der Waals surface area contributed by atoms with Gasteiger partial charge < -0.3 is 10.2 Å². The second-order valence-electron chi connectivity index (χ2n) is 5.31. The van der Waals surface area contributed by atoms with Gasteiger partial charge in [0.15, 0.2) is 0 Å². The van der Waals surface area contributed by atoms with E-state index in [-0.39, 0.29) is 11.1 Å². The van der Waals surface area contributed by atoms with Gasteiger partial charge in [-0.3, -0.25) is 0 Å². The van der Waals surface area contributed by atoms with Crippen molar-refractivity contribution in [3.05, 3.63) is 29.6 Å². The summed E-state index contributed by atoms with van der Waals surface area (Å²) in [6, 6.07) is 2.96. The molecule has 1 rings (SSSR count). The van der Waals surface area contributed by atoms with Gasteiger partial charge in [-0.15, -0.1) is 0 Å². The van der Waals surface area contributed by atoms with E-state index >= 15 is 0 Å². The number of pyridine rings is 1. The van der Waals surface area contributed by atoms with Crippen molar-refractivity contribution in [2.45, 2.75) is 33.3 Å². The summed E-state index contributed by atoms with van der Waals surface area (Å²) in [5.41, 5.74) is -0.944. The van der Waals surface area contributed by atoms with Gasteiger partial charge in [0.2, 0.25) is 0 Å². The molecule has 0 aliphatic heterocycles. The van der Waals surface area contributed by atoms with Gasteiger partial charge in [0.05, 0.1) is 0 Å². The average molecular weight is 247 g/mol. The molecule has 0 aliphatic rings. The smallest absolute Gasteiger partial charge is 0.354 e. The molecule has 1 heterocycles. The van der Waals surface area contributed by atoms with E-state index in [0.29, 0.717) is 5.56 Å². The van der Waals surface area contributed by atoms with Crippen molar-refractivity contribution in [3.8, 4) is 11.8 Å². The SMILES string of the molecule is CC(C)(C)C(C)(O)C#Cc1ccc(C(=O)O)nc1. The Kier molecular flexibility index (Phi) is 3.78. The van der Waals surface area contributed by atoms with Gasteiger partial charge in [-0.25, -0.2) is 9.78 Å². The fraction of sp³-hybridized carbons (Fsp3) is 0.429. The van der Waals surface area contributed by atoms with Gasteiger partial charge in [-0.1, -0.05) is 32.6 Å². The first kappa shape index (κ1) is 14.2. The molecule has 4 nitrogen and oxygen atoms in total. The molecule has 0 aliphatic carbocycles. The van der Waals surface area contributed by atoms with E-state index in [0.717, 1.165) is 0 Å². The van der Waals surface area contributed by atoms with Crippen LogP contribution in [0.5, 0.6) is 0 Å². The summed E-state index contributed by atoms with van der Waals surface area (Å²) < 4.78 is 0. The third-order valence-corrected chi connectivity index (χ3v) is 2.89. The van der Waals surface area contributed by atoms with Crippen LogP contribution in [0.15, 0.2) is 18.3 Å². The van der Waals surface area contributed by atoms with Crippen molar-refractivity contribution in [2.24, 2.45) is 5.41 Å². The molecule has 0 spiro atoms.